The number of ether oxygens (including phenoxy) is 2. The van der Waals surface area contributed by atoms with E-state index in [4.69, 9.17) is 9.47 Å². The lowest BCUT2D eigenvalue weighted by Gasteiger charge is -2.37. The molecule has 37 heavy (non-hydrogen) atoms. The van der Waals surface area contributed by atoms with Gasteiger partial charge in [-0.05, 0) is 75.4 Å². The third-order valence-electron chi connectivity index (χ3n) is 6.57. The minimum Gasteiger partial charge on any atom is -0.457 e. The summed E-state index contributed by atoms with van der Waals surface area (Å²) in [5.41, 5.74) is 0.711. The molecule has 0 N–H and O–H groups in total. The summed E-state index contributed by atoms with van der Waals surface area (Å²) in [5, 5.41) is 0. The van der Waals surface area contributed by atoms with Crippen LogP contribution in [0, 0.1) is 11.7 Å². The summed E-state index contributed by atoms with van der Waals surface area (Å²) in [6.45, 7) is 7.96. The summed E-state index contributed by atoms with van der Waals surface area (Å²) in [6.07, 6.45) is 1.72. The zero-order chi connectivity index (χ0) is 27.0. The van der Waals surface area contributed by atoms with Crippen molar-refractivity contribution in [1.82, 2.24) is 9.80 Å². The molecule has 0 bridgehead atoms. The summed E-state index contributed by atoms with van der Waals surface area (Å²) in [7, 11) is 0. The van der Waals surface area contributed by atoms with Crippen LogP contribution in [-0.4, -0.2) is 47.0 Å². The molecule has 0 spiro atoms. The van der Waals surface area contributed by atoms with Crippen LogP contribution in [0.15, 0.2) is 36.4 Å². The predicted octanol–water partition coefficient (Wildman–Crippen LogP) is 6.26. The van der Waals surface area contributed by atoms with Gasteiger partial charge in [0.15, 0.2) is 0 Å². The predicted molar refractivity (Wildman–Crippen MR) is 132 cm³/mol. The maximum absolute atomic E-state index is 14.2. The molecule has 2 aromatic carbocycles. The normalized spacial score (nSPS) is 18.3. The van der Waals surface area contributed by atoms with Gasteiger partial charge in [0.25, 0.3) is 5.92 Å². The van der Waals surface area contributed by atoms with Gasteiger partial charge < -0.3 is 19.3 Å². The molecule has 200 valence electrons. The second-order valence-electron chi connectivity index (χ2n) is 10.8. The van der Waals surface area contributed by atoms with Crippen LogP contribution < -0.4 is 4.74 Å². The summed E-state index contributed by atoms with van der Waals surface area (Å²) in [6, 6.07) is 8.72. The summed E-state index contributed by atoms with van der Waals surface area (Å²) in [5.74, 6) is -4.07. The highest BCUT2D eigenvalue weighted by Gasteiger charge is 2.34. The van der Waals surface area contributed by atoms with Crippen LogP contribution in [0.3, 0.4) is 0 Å². The smallest absolute Gasteiger partial charge is 0.410 e. The Bertz CT molecular complexity index is 1170. The molecule has 1 saturated heterocycles. The SMILES string of the molecule is CC(C)(C)OC(=O)N1CCCC(C(=O)N2CCc3ccc(Oc4ccc(C(C)(F)F)c(F)c4)cc3C2)C1. The van der Waals surface area contributed by atoms with Crippen LogP contribution in [-0.2, 0) is 28.4 Å². The molecule has 1 unspecified atom stereocenters. The van der Waals surface area contributed by atoms with Gasteiger partial charge in [0.05, 0.1) is 11.5 Å². The van der Waals surface area contributed by atoms with E-state index in [1.54, 1.807) is 21.9 Å². The van der Waals surface area contributed by atoms with E-state index in [0.29, 0.717) is 51.7 Å². The van der Waals surface area contributed by atoms with Crippen LogP contribution in [0.1, 0.15) is 57.2 Å². The Morgan fingerprint density at radius 1 is 0.946 bits per heavy atom. The van der Waals surface area contributed by atoms with Crippen molar-refractivity contribution in [2.75, 3.05) is 19.6 Å². The maximum atomic E-state index is 14.2. The number of hydrogen-bond donors (Lipinski definition) is 0. The van der Waals surface area contributed by atoms with Gasteiger partial charge in [-0.2, -0.15) is 0 Å². The Morgan fingerprint density at radius 2 is 1.65 bits per heavy atom. The number of likely N-dealkylation sites (tertiary alicyclic amines) is 1. The maximum Gasteiger partial charge on any atom is 0.410 e. The molecule has 2 heterocycles. The van der Waals surface area contributed by atoms with Crippen molar-refractivity contribution in [3.63, 3.8) is 0 Å². The lowest BCUT2D eigenvalue weighted by molar-refractivity contribution is -0.138. The zero-order valence-electron chi connectivity index (χ0n) is 21.7. The average molecular weight is 519 g/mol. The first kappa shape index (κ1) is 26.8. The second-order valence-corrected chi connectivity index (χ2v) is 10.8. The number of amides is 2. The first-order chi connectivity index (χ1) is 17.3. The van der Waals surface area contributed by atoms with Crippen LogP contribution in [0.25, 0.3) is 0 Å². The minimum absolute atomic E-state index is 0.00313. The number of piperidine rings is 1. The molecule has 2 aliphatic heterocycles. The third-order valence-corrected chi connectivity index (χ3v) is 6.57. The fraction of sp³-hybridized carbons (Fsp3) is 0.500. The third kappa shape index (κ3) is 6.56. The van der Waals surface area contributed by atoms with Crippen LogP contribution in [0.5, 0.6) is 11.5 Å². The van der Waals surface area contributed by atoms with E-state index in [1.165, 1.54) is 6.07 Å². The first-order valence-corrected chi connectivity index (χ1v) is 12.5. The molecule has 0 aliphatic carbocycles. The molecule has 1 fully saturated rings. The monoisotopic (exact) mass is 518 g/mol. The summed E-state index contributed by atoms with van der Waals surface area (Å²) >= 11 is 0. The Kier molecular flexibility index (Phi) is 7.44. The molecule has 0 saturated carbocycles. The van der Waals surface area contributed by atoms with Crippen molar-refractivity contribution in [2.24, 2.45) is 5.92 Å². The fourth-order valence-corrected chi connectivity index (χ4v) is 4.77. The molecule has 2 aliphatic rings. The lowest BCUT2D eigenvalue weighted by Crippen LogP contribution is -2.48. The van der Waals surface area contributed by atoms with Gasteiger partial charge in [0, 0.05) is 39.2 Å². The average Bonchev–Trinajstić information content (AvgIpc) is 2.81. The number of fused-ring (bicyclic) bond motifs is 1. The molecule has 2 amide bonds. The number of rotatable bonds is 4. The topological polar surface area (TPSA) is 59.1 Å². The minimum atomic E-state index is -3.29. The number of halogens is 3. The number of hydrogen-bond acceptors (Lipinski definition) is 4. The molecular formula is C28H33F3N2O4. The van der Waals surface area contributed by atoms with Crippen molar-refractivity contribution in [3.05, 3.63) is 58.9 Å². The van der Waals surface area contributed by atoms with Gasteiger partial charge in [-0.15, -0.1) is 0 Å². The largest absolute Gasteiger partial charge is 0.457 e. The Balaban J connectivity index is 1.42. The first-order valence-electron chi connectivity index (χ1n) is 12.5. The van der Waals surface area contributed by atoms with E-state index in [2.05, 4.69) is 0 Å². The summed E-state index contributed by atoms with van der Waals surface area (Å²) < 4.78 is 52.3. The highest BCUT2D eigenvalue weighted by Crippen LogP contribution is 2.33. The summed E-state index contributed by atoms with van der Waals surface area (Å²) in [4.78, 5) is 29.3. The van der Waals surface area contributed by atoms with E-state index >= 15 is 0 Å². The molecule has 4 rings (SSSR count). The standard InChI is InChI=1S/C28H33F3N2O4/c1-27(2,3)37-26(35)33-12-5-6-19(16-33)25(34)32-13-11-18-7-8-21(14-20(18)17-32)36-22-9-10-23(24(29)15-22)28(4,30)31/h7-10,14-15,19H,5-6,11-13,16-17H2,1-4H3. The van der Waals surface area contributed by atoms with Gasteiger partial charge >= 0.3 is 6.09 Å². The molecule has 0 aromatic heterocycles. The number of nitrogens with zero attached hydrogens (tertiary/aromatic N) is 2. The van der Waals surface area contributed by atoms with Crippen LogP contribution >= 0.6 is 0 Å². The van der Waals surface area contributed by atoms with Crippen molar-refractivity contribution < 1.29 is 32.2 Å². The number of alkyl halides is 2. The van der Waals surface area contributed by atoms with E-state index in [1.807, 2.05) is 26.8 Å². The van der Waals surface area contributed by atoms with Gasteiger partial charge in [0.1, 0.15) is 22.9 Å². The lowest BCUT2D eigenvalue weighted by atomic mass is 9.94. The molecule has 1 atom stereocenters. The molecule has 0 radical (unpaired) electrons. The number of carbonyl (C=O) groups is 2. The fourth-order valence-electron chi connectivity index (χ4n) is 4.77. The molecule has 6 nitrogen and oxygen atoms in total. The van der Waals surface area contributed by atoms with Crippen LogP contribution in [0.4, 0.5) is 18.0 Å². The Morgan fingerprint density at radius 3 is 2.32 bits per heavy atom. The Hall–Kier alpha value is -3.23. The Labute approximate surface area is 215 Å². The van der Waals surface area contributed by atoms with Crippen molar-refractivity contribution in [2.45, 2.75) is 65.0 Å². The van der Waals surface area contributed by atoms with Crippen molar-refractivity contribution >= 4 is 12.0 Å². The highest BCUT2D eigenvalue weighted by atomic mass is 19.3. The number of carbonyl (C=O) groups excluding carboxylic acids is 2. The van der Waals surface area contributed by atoms with Crippen molar-refractivity contribution in [1.29, 1.82) is 0 Å². The van der Waals surface area contributed by atoms with Crippen LogP contribution in [0.2, 0.25) is 0 Å². The second kappa shape index (κ2) is 10.3. The van der Waals surface area contributed by atoms with E-state index in [9.17, 15) is 22.8 Å². The number of benzene rings is 2. The molecule has 2 aromatic rings. The quantitative estimate of drug-likeness (QED) is 0.479. The van der Waals surface area contributed by atoms with E-state index < -0.39 is 29.0 Å². The molecular weight excluding hydrogens is 485 g/mol. The zero-order valence-corrected chi connectivity index (χ0v) is 21.7. The van der Waals surface area contributed by atoms with Gasteiger partial charge in [-0.25, -0.2) is 18.0 Å². The van der Waals surface area contributed by atoms with Crippen molar-refractivity contribution in [3.8, 4) is 11.5 Å². The van der Waals surface area contributed by atoms with E-state index in [0.717, 1.165) is 29.7 Å². The highest BCUT2D eigenvalue weighted by molar-refractivity contribution is 5.80. The van der Waals surface area contributed by atoms with Gasteiger partial charge in [-0.3, -0.25) is 4.79 Å². The van der Waals surface area contributed by atoms with Gasteiger partial charge in [0.2, 0.25) is 5.91 Å². The molecule has 9 heteroatoms. The van der Waals surface area contributed by atoms with E-state index in [-0.39, 0.29) is 17.6 Å². The van der Waals surface area contributed by atoms with Gasteiger partial charge in [-0.1, -0.05) is 6.07 Å².